The molecule has 0 fully saturated rings. The summed E-state index contributed by atoms with van der Waals surface area (Å²) < 4.78 is 0. The largest absolute Gasteiger partial charge is 0.411 e. The van der Waals surface area contributed by atoms with Crippen LogP contribution in [0.3, 0.4) is 0 Å². The number of benzene rings is 2. The molecule has 0 saturated carbocycles. The summed E-state index contributed by atoms with van der Waals surface area (Å²) in [5.74, 6) is 0. The molecule has 1 N–H and O–H groups in total. The van der Waals surface area contributed by atoms with Crippen molar-refractivity contribution in [3.05, 3.63) is 60.2 Å². The third-order valence-electron chi connectivity index (χ3n) is 2.44. The average Bonchev–Trinajstić information content (AvgIpc) is 2.38. The zero-order chi connectivity index (χ0) is 11.2. The first-order valence-corrected chi connectivity index (χ1v) is 5.20. The Morgan fingerprint density at radius 2 is 1.69 bits per heavy atom. The zero-order valence-electron chi connectivity index (χ0n) is 8.88. The van der Waals surface area contributed by atoms with Crippen molar-refractivity contribution >= 4 is 6.21 Å². The van der Waals surface area contributed by atoms with Gasteiger partial charge in [0.15, 0.2) is 0 Å². The number of oxime groups is 1. The van der Waals surface area contributed by atoms with E-state index in [1.807, 2.05) is 30.3 Å². The van der Waals surface area contributed by atoms with E-state index >= 15 is 0 Å². The minimum absolute atomic E-state index is 0.650. The Balaban J connectivity index is 2.29. The molecule has 0 radical (unpaired) electrons. The molecular formula is C14H13NO. The molecule has 0 amide bonds. The second-order valence-corrected chi connectivity index (χ2v) is 3.57. The van der Waals surface area contributed by atoms with Crippen LogP contribution in [0.2, 0.25) is 0 Å². The number of hydrogen-bond donors (Lipinski definition) is 1. The molecule has 0 aliphatic carbocycles. The summed E-state index contributed by atoms with van der Waals surface area (Å²) in [4.78, 5) is 0. The van der Waals surface area contributed by atoms with E-state index in [0.717, 1.165) is 5.56 Å². The molecule has 2 aromatic carbocycles. The maximum Gasteiger partial charge on any atom is 0.0479 e. The van der Waals surface area contributed by atoms with Crippen LogP contribution in [0.5, 0.6) is 0 Å². The molecule has 0 aliphatic rings. The first-order valence-electron chi connectivity index (χ1n) is 5.20. The van der Waals surface area contributed by atoms with Gasteiger partial charge in [-0.25, -0.2) is 0 Å². The molecule has 0 bridgehead atoms. The SMILES string of the molecule is ON=CCc1cccc(-c2ccccc2)c1. The molecule has 80 valence electrons. The molecule has 2 nitrogen and oxygen atoms in total. The number of nitrogens with zero attached hydrogens (tertiary/aromatic N) is 1. The minimum atomic E-state index is 0.650. The molecular weight excluding hydrogens is 198 g/mol. The van der Waals surface area contributed by atoms with Crippen molar-refractivity contribution in [2.45, 2.75) is 6.42 Å². The van der Waals surface area contributed by atoms with Crippen LogP contribution in [0.4, 0.5) is 0 Å². The van der Waals surface area contributed by atoms with Gasteiger partial charge in [0, 0.05) is 12.6 Å². The van der Waals surface area contributed by atoms with E-state index in [1.54, 1.807) is 0 Å². The van der Waals surface area contributed by atoms with Gasteiger partial charge in [-0.1, -0.05) is 54.6 Å². The van der Waals surface area contributed by atoms with E-state index in [2.05, 4.69) is 29.4 Å². The van der Waals surface area contributed by atoms with Crippen LogP contribution in [-0.2, 0) is 6.42 Å². The topological polar surface area (TPSA) is 32.6 Å². The predicted molar refractivity (Wildman–Crippen MR) is 65.9 cm³/mol. The standard InChI is InChI=1S/C14H13NO/c16-15-10-9-12-5-4-8-14(11-12)13-6-2-1-3-7-13/h1-8,10-11,16H,9H2. The smallest absolute Gasteiger partial charge is 0.0479 e. The summed E-state index contributed by atoms with van der Waals surface area (Å²) in [6.07, 6.45) is 2.14. The Hall–Kier alpha value is -2.09. The van der Waals surface area contributed by atoms with Crippen LogP contribution >= 0.6 is 0 Å². The van der Waals surface area contributed by atoms with E-state index in [9.17, 15) is 0 Å². The summed E-state index contributed by atoms with van der Waals surface area (Å²) >= 11 is 0. The zero-order valence-corrected chi connectivity index (χ0v) is 8.88. The van der Waals surface area contributed by atoms with Crippen LogP contribution in [0, 0.1) is 0 Å². The Labute approximate surface area is 94.9 Å². The van der Waals surface area contributed by atoms with E-state index < -0.39 is 0 Å². The van der Waals surface area contributed by atoms with Gasteiger partial charge in [-0.15, -0.1) is 5.16 Å². The lowest BCUT2D eigenvalue weighted by Crippen LogP contribution is -1.87. The quantitative estimate of drug-likeness (QED) is 0.471. The lowest BCUT2D eigenvalue weighted by atomic mass is 10.0. The number of rotatable bonds is 3. The third kappa shape index (κ3) is 2.48. The highest BCUT2D eigenvalue weighted by molar-refractivity contribution is 5.67. The van der Waals surface area contributed by atoms with Crippen LogP contribution in [0.15, 0.2) is 59.8 Å². The summed E-state index contributed by atoms with van der Waals surface area (Å²) in [5.41, 5.74) is 3.52. The summed E-state index contributed by atoms with van der Waals surface area (Å²) in [6.45, 7) is 0. The van der Waals surface area contributed by atoms with Crippen molar-refractivity contribution in [2.24, 2.45) is 5.16 Å². The molecule has 0 spiro atoms. The molecule has 0 saturated heterocycles. The molecule has 0 aromatic heterocycles. The third-order valence-corrected chi connectivity index (χ3v) is 2.44. The highest BCUT2D eigenvalue weighted by Crippen LogP contribution is 2.19. The van der Waals surface area contributed by atoms with Crippen molar-refractivity contribution in [2.75, 3.05) is 0 Å². The lowest BCUT2D eigenvalue weighted by molar-refractivity contribution is 0.321. The van der Waals surface area contributed by atoms with Gasteiger partial charge in [0.05, 0.1) is 0 Å². The first kappa shape index (κ1) is 10.4. The van der Waals surface area contributed by atoms with Crippen molar-refractivity contribution in [3.8, 4) is 11.1 Å². The first-order chi connectivity index (χ1) is 7.90. The lowest BCUT2D eigenvalue weighted by Gasteiger charge is -2.03. The average molecular weight is 211 g/mol. The maximum atomic E-state index is 8.38. The predicted octanol–water partition coefficient (Wildman–Crippen LogP) is 3.36. The monoisotopic (exact) mass is 211 g/mol. The van der Waals surface area contributed by atoms with Gasteiger partial charge < -0.3 is 5.21 Å². The Bertz CT molecular complexity index is 477. The summed E-state index contributed by atoms with van der Waals surface area (Å²) in [7, 11) is 0. The van der Waals surface area contributed by atoms with Crippen LogP contribution < -0.4 is 0 Å². The fraction of sp³-hybridized carbons (Fsp3) is 0.0714. The van der Waals surface area contributed by atoms with E-state index in [4.69, 9.17) is 5.21 Å². The van der Waals surface area contributed by atoms with Crippen LogP contribution in [0.25, 0.3) is 11.1 Å². The summed E-state index contributed by atoms with van der Waals surface area (Å²) in [6, 6.07) is 18.4. The van der Waals surface area contributed by atoms with E-state index in [-0.39, 0.29) is 0 Å². The van der Waals surface area contributed by atoms with Crippen LogP contribution in [0.1, 0.15) is 5.56 Å². The second kappa shape index (κ2) is 5.12. The molecule has 2 rings (SSSR count). The second-order valence-electron chi connectivity index (χ2n) is 3.57. The van der Waals surface area contributed by atoms with E-state index in [0.29, 0.717) is 6.42 Å². The molecule has 2 aromatic rings. The molecule has 0 heterocycles. The Morgan fingerprint density at radius 3 is 2.44 bits per heavy atom. The molecule has 0 unspecified atom stereocenters. The highest BCUT2D eigenvalue weighted by atomic mass is 16.4. The van der Waals surface area contributed by atoms with Crippen molar-refractivity contribution < 1.29 is 5.21 Å². The van der Waals surface area contributed by atoms with Gasteiger partial charge in [-0.05, 0) is 16.7 Å². The minimum Gasteiger partial charge on any atom is -0.411 e. The Kier molecular flexibility index (Phi) is 3.34. The Morgan fingerprint density at radius 1 is 0.938 bits per heavy atom. The summed E-state index contributed by atoms with van der Waals surface area (Å²) in [5, 5.41) is 11.4. The maximum absolute atomic E-state index is 8.38. The fourth-order valence-electron chi connectivity index (χ4n) is 1.65. The van der Waals surface area contributed by atoms with Crippen molar-refractivity contribution in [3.63, 3.8) is 0 Å². The number of hydrogen-bond acceptors (Lipinski definition) is 2. The molecule has 16 heavy (non-hydrogen) atoms. The van der Waals surface area contributed by atoms with Gasteiger partial charge >= 0.3 is 0 Å². The van der Waals surface area contributed by atoms with Gasteiger partial charge in [0.2, 0.25) is 0 Å². The van der Waals surface area contributed by atoms with Crippen LogP contribution in [-0.4, -0.2) is 11.4 Å². The highest BCUT2D eigenvalue weighted by Gasteiger charge is 1.97. The normalized spacial score (nSPS) is 10.8. The van der Waals surface area contributed by atoms with Gasteiger partial charge in [-0.2, -0.15) is 0 Å². The van der Waals surface area contributed by atoms with E-state index in [1.165, 1.54) is 17.3 Å². The molecule has 0 atom stereocenters. The van der Waals surface area contributed by atoms with Gasteiger partial charge in [0.1, 0.15) is 0 Å². The molecule has 0 aliphatic heterocycles. The van der Waals surface area contributed by atoms with Crippen molar-refractivity contribution in [1.29, 1.82) is 0 Å². The van der Waals surface area contributed by atoms with Gasteiger partial charge in [0.25, 0.3) is 0 Å². The van der Waals surface area contributed by atoms with Gasteiger partial charge in [-0.3, -0.25) is 0 Å². The molecule has 2 heteroatoms. The van der Waals surface area contributed by atoms with Crippen molar-refractivity contribution in [1.82, 2.24) is 0 Å². The fourth-order valence-corrected chi connectivity index (χ4v) is 1.65.